The maximum Gasteiger partial charge on any atom is 0.303 e. The molecule has 2 rings (SSSR count). The van der Waals surface area contributed by atoms with Crippen LogP contribution >= 0.6 is 0 Å². The molecule has 1 aromatic heterocycles. The molecule has 0 aliphatic carbocycles. The van der Waals surface area contributed by atoms with Crippen molar-refractivity contribution in [1.29, 1.82) is 0 Å². The summed E-state index contributed by atoms with van der Waals surface area (Å²) in [4.78, 5) is 63.5. The van der Waals surface area contributed by atoms with Crippen molar-refractivity contribution in [2.24, 2.45) is 5.41 Å². The molecule has 4 amide bonds. The van der Waals surface area contributed by atoms with Gasteiger partial charge in [-0.3, -0.25) is 24.0 Å². The van der Waals surface area contributed by atoms with Gasteiger partial charge in [-0.15, -0.1) is 0 Å². The minimum absolute atomic E-state index is 0.00608. The van der Waals surface area contributed by atoms with Crippen LogP contribution in [0.4, 0.5) is 0 Å². The maximum atomic E-state index is 12.6. The van der Waals surface area contributed by atoms with E-state index in [4.69, 9.17) is 28.8 Å². The number of aryl methyl sites for hydroxylation is 1. The summed E-state index contributed by atoms with van der Waals surface area (Å²) in [7, 11) is 1.54. The third-order valence-corrected chi connectivity index (χ3v) is 8.13. The summed E-state index contributed by atoms with van der Waals surface area (Å²) < 4.78 is 27.0. The summed E-state index contributed by atoms with van der Waals surface area (Å²) in [5.41, 5.74) is 1.88. The molecule has 0 spiro atoms. The van der Waals surface area contributed by atoms with Gasteiger partial charge in [0.05, 0.1) is 59.5 Å². The Morgan fingerprint density at radius 1 is 0.741 bits per heavy atom. The molecule has 0 aliphatic heterocycles. The minimum Gasteiger partial charge on any atom is -0.481 e. The number of carbonyl (C=O) groups excluding carboxylic acids is 4. The number of fused-ring (bicyclic) bond motifs is 1. The summed E-state index contributed by atoms with van der Waals surface area (Å²) in [6.07, 6.45) is 4.77. The first-order chi connectivity index (χ1) is 26.0. The van der Waals surface area contributed by atoms with Crippen LogP contribution in [0.5, 0.6) is 0 Å². The Labute approximate surface area is 318 Å². The molecule has 16 nitrogen and oxygen atoms in total. The second kappa shape index (κ2) is 27.5. The monoisotopic (exact) mass is 763 g/mol. The number of carboxylic acid groups (broad SMARTS) is 1. The number of nitrogens with one attached hydrogen (secondary N) is 5. The minimum atomic E-state index is -1.06. The average Bonchev–Trinajstić information content (AvgIpc) is 3.54. The van der Waals surface area contributed by atoms with E-state index in [2.05, 4.69) is 32.3 Å². The van der Waals surface area contributed by atoms with Gasteiger partial charge < -0.3 is 55.0 Å². The fourth-order valence-corrected chi connectivity index (χ4v) is 5.48. The third kappa shape index (κ3) is 21.6. The number of para-hydroxylation sites is 1. The number of benzene rings is 1. The summed E-state index contributed by atoms with van der Waals surface area (Å²) in [5, 5.41) is 21.2. The highest BCUT2D eigenvalue weighted by atomic mass is 16.6. The number of rotatable bonds is 32. The van der Waals surface area contributed by atoms with Gasteiger partial charge in [0.1, 0.15) is 6.04 Å². The molecule has 0 fully saturated rings. The van der Waals surface area contributed by atoms with E-state index >= 15 is 0 Å². The van der Waals surface area contributed by atoms with Crippen LogP contribution in [0, 0.1) is 5.41 Å². The van der Waals surface area contributed by atoms with Crippen LogP contribution in [0.2, 0.25) is 0 Å². The number of aromatic amines is 1. The highest BCUT2D eigenvalue weighted by molar-refractivity contribution is 5.88. The number of aliphatic carboxylic acids is 1. The number of methoxy groups -OCH3 is 1. The fourth-order valence-electron chi connectivity index (χ4n) is 5.48. The van der Waals surface area contributed by atoms with Crippen LogP contribution in [0.1, 0.15) is 64.4 Å². The van der Waals surface area contributed by atoms with Gasteiger partial charge in [0.25, 0.3) is 0 Å². The smallest absolute Gasteiger partial charge is 0.303 e. The molecule has 0 radical (unpaired) electrons. The predicted octanol–water partition coefficient (Wildman–Crippen LogP) is 2.10. The van der Waals surface area contributed by atoms with E-state index in [1.807, 2.05) is 38.2 Å². The molecule has 0 bridgehead atoms. The maximum absolute atomic E-state index is 12.6. The zero-order valence-corrected chi connectivity index (χ0v) is 32.1. The Hall–Kier alpha value is -4.09. The quantitative estimate of drug-likeness (QED) is 0.0594. The Morgan fingerprint density at radius 2 is 1.31 bits per heavy atom. The molecule has 54 heavy (non-hydrogen) atoms. The largest absolute Gasteiger partial charge is 0.481 e. The number of carbonyl (C=O) groups is 5. The highest BCUT2D eigenvalue weighted by Gasteiger charge is 2.26. The number of aromatic nitrogens is 1. The lowest BCUT2D eigenvalue weighted by Gasteiger charge is -2.24. The number of hydrogen-bond acceptors (Lipinski definition) is 10. The van der Waals surface area contributed by atoms with Crippen LogP contribution in [0.25, 0.3) is 10.9 Å². The van der Waals surface area contributed by atoms with Crippen molar-refractivity contribution >= 4 is 40.5 Å². The molecule has 16 heteroatoms. The first-order valence-corrected chi connectivity index (χ1v) is 18.7. The predicted molar refractivity (Wildman–Crippen MR) is 202 cm³/mol. The highest BCUT2D eigenvalue weighted by Crippen LogP contribution is 2.21. The van der Waals surface area contributed by atoms with Crippen molar-refractivity contribution in [2.75, 3.05) is 86.2 Å². The van der Waals surface area contributed by atoms with Gasteiger partial charge >= 0.3 is 5.97 Å². The molecule has 1 atom stereocenters. The molecular weight excluding hydrogens is 702 g/mol. The number of ether oxygens (including phenoxy) is 5. The van der Waals surface area contributed by atoms with Crippen LogP contribution in [0.15, 0.2) is 30.5 Å². The Balaban J connectivity index is 1.36. The summed E-state index contributed by atoms with van der Waals surface area (Å²) >= 11 is 0. The average molecular weight is 764 g/mol. The number of carboxylic acids is 1. The van der Waals surface area contributed by atoms with E-state index in [0.29, 0.717) is 85.2 Å². The Morgan fingerprint density at radius 3 is 1.94 bits per heavy atom. The molecule has 0 saturated heterocycles. The lowest BCUT2D eigenvalue weighted by Crippen LogP contribution is -2.48. The standard InChI is InChI=1S/C38H61N5O11/c1-38(2,28-50-3)26-35(46)43-32(13-14-36(47)48)37(49)41-17-19-52-21-23-54-25-24-53-22-20-51-18-16-40-34(45)12-7-15-39-33(44)11-6-8-29-27-42-31-10-5-4-9-30(29)31/h4-5,9-10,27,32,42H,6-8,11-26,28H2,1-3H3,(H,39,44)(H,40,45)(H,41,49)(H,43,46)(H,47,48)/t32-/m1/s1. The Bertz CT molecular complexity index is 1400. The second-order valence-electron chi connectivity index (χ2n) is 13.6. The van der Waals surface area contributed by atoms with E-state index in [1.165, 1.54) is 10.9 Å². The topological polar surface area (TPSA) is 216 Å². The lowest BCUT2D eigenvalue weighted by atomic mass is 9.90. The van der Waals surface area contributed by atoms with Gasteiger partial charge in [0, 0.05) is 69.5 Å². The van der Waals surface area contributed by atoms with Gasteiger partial charge in [-0.05, 0) is 42.7 Å². The molecule has 304 valence electrons. The van der Waals surface area contributed by atoms with Crippen molar-refractivity contribution < 1.29 is 52.8 Å². The molecule has 0 saturated carbocycles. The zero-order valence-electron chi connectivity index (χ0n) is 32.1. The first-order valence-electron chi connectivity index (χ1n) is 18.7. The Kier molecular flexibility index (Phi) is 23.4. The van der Waals surface area contributed by atoms with Crippen molar-refractivity contribution in [2.45, 2.75) is 71.3 Å². The number of H-pyrrole nitrogens is 1. The van der Waals surface area contributed by atoms with Crippen LogP contribution in [0.3, 0.4) is 0 Å². The summed E-state index contributed by atoms with van der Waals surface area (Å²) in [5.74, 6) is -1.98. The number of hydrogen-bond donors (Lipinski definition) is 6. The van der Waals surface area contributed by atoms with Gasteiger partial charge in [0.2, 0.25) is 23.6 Å². The van der Waals surface area contributed by atoms with Crippen molar-refractivity contribution in [3.05, 3.63) is 36.0 Å². The van der Waals surface area contributed by atoms with E-state index in [1.54, 1.807) is 7.11 Å². The van der Waals surface area contributed by atoms with Gasteiger partial charge in [-0.1, -0.05) is 32.0 Å². The van der Waals surface area contributed by atoms with Crippen LogP contribution in [-0.4, -0.2) is 132 Å². The lowest BCUT2D eigenvalue weighted by molar-refractivity contribution is -0.138. The molecular formula is C38H61N5O11. The SMILES string of the molecule is COCC(C)(C)CC(=O)N[C@H](CCC(=O)O)C(=O)NCCOCCOCCOCCOCCNC(=O)CCCNC(=O)CCCc1c[nH]c2ccccc12. The first kappa shape index (κ1) is 46.1. The van der Waals surface area contributed by atoms with Crippen molar-refractivity contribution in [3.63, 3.8) is 0 Å². The van der Waals surface area contributed by atoms with E-state index < -0.39 is 23.3 Å². The molecule has 0 aliphatic rings. The molecule has 1 aromatic carbocycles. The van der Waals surface area contributed by atoms with Gasteiger partial charge in [-0.25, -0.2) is 0 Å². The van der Waals surface area contributed by atoms with Crippen LogP contribution < -0.4 is 21.3 Å². The molecule has 0 unspecified atom stereocenters. The molecule has 2 aromatic rings. The second-order valence-corrected chi connectivity index (χ2v) is 13.6. The summed E-state index contributed by atoms with van der Waals surface area (Å²) in [6, 6.07) is 7.15. The zero-order chi connectivity index (χ0) is 39.4. The van der Waals surface area contributed by atoms with E-state index in [-0.39, 0.29) is 50.1 Å². The van der Waals surface area contributed by atoms with E-state index in [9.17, 15) is 24.0 Å². The van der Waals surface area contributed by atoms with Crippen LogP contribution in [-0.2, 0) is 54.1 Å². The normalized spacial score (nSPS) is 12.0. The summed E-state index contributed by atoms with van der Waals surface area (Å²) in [6.45, 7) is 7.86. The fraction of sp³-hybridized carbons (Fsp3) is 0.658. The van der Waals surface area contributed by atoms with Crippen molar-refractivity contribution in [1.82, 2.24) is 26.3 Å². The van der Waals surface area contributed by atoms with Gasteiger partial charge in [-0.2, -0.15) is 0 Å². The van der Waals surface area contributed by atoms with E-state index in [0.717, 1.165) is 18.4 Å². The van der Waals surface area contributed by atoms with Crippen molar-refractivity contribution in [3.8, 4) is 0 Å². The third-order valence-electron chi connectivity index (χ3n) is 8.13. The molecule has 6 N–H and O–H groups in total. The van der Waals surface area contributed by atoms with Gasteiger partial charge in [0.15, 0.2) is 0 Å². The number of amides is 4. The molecule has 1 heterocycles.